The zero-order chi connectivity index (χ0) is 34.0. The van der Waals surface area contributed by atoms with Gasteiger partial charge < -0.3 is 24.8 Å². The van der Waals surface area contributed by atoms with Crippen LogP contribution in [-0.2, 0) is 16.6 Å². The second-order valence-corrected chi connectivity index (χ2v) is 15.8. The lowest BCUT2D eigenvalue weighted by atomic mass is 9.59. The zero-order valence-electron chi connectivity index (χ0n) is 28.5. The minimum Gasteiger partial charge on any atom is -0.492 e. The Morgan fingerprint density at radius 1 is 1.08 bits per heavy atom. The second kappa shape index (κ2) is 14.5. The number of anilines is 1. The lowest BCUT2D eigenvalue weighted by molar-refractivity contribution is -0.144. The fourth-order valence-corrected chi connectivity index (χ4v) is 9.43. The summed E-state index contributed by atoms with van der Waals surface area (Å²) in [6.07, 6.45) is 6.40. The number of benzene rings is 2. The molecule has 0 unspecified atom stereocenters. The van der Waals surface area contributed by atoms with Gasteiger partial charge in [-0.25, -0.2) is 4.79 Å². The molecule has 2 fully saturated rings. The monoisotopic (exact) mass is 702 g/mol. The molecule has 2 aromatic heterocycles. The van der Waals surface area contributed by atoms with Gasteiger partial charge in [-0.1, -0.05) is 30.7 Å². The lowest BCUT2D eigenvalue weighted by Gasteiger charge is -2.47. The summed E-state index contributed by atoms with van der Waals surface area (Å²) in [5.74, 6) is 1.69. The zero-order valence-corrected chi connectivity index (χ0v) is 30.1. The molecule has 1 spiro atoms. The molecule has 0 bridgehead atoms. The first-order valence-corrected chi connectivity index (χ1v) is 18.9. The molecule has 10 heteroatoms. The number of aromatic nitrogens is 1. The van der Waals surface area contributed by atoms with Gasteiger partial charge >= 0.3 is 5.97 Å². The number of nitrogens with one attached hydrogen (secondary N) is 1. The molecule has 1 saturated carbocycles. The molecule has 8 nitrogen and oxygen atoms in total. The predicted molar refractivity (Wildman–Crippen MR) is 198 cm³/mol. The van der Waals surface area contributed by atoms with E-state index in [1.165, 1.54) is 11.1 Å². The van der Waals surface area contributed by atoms with Crippen LogP contribution in [0.3, 0.4) is 0 Å². The third-order valence-corrected chi connectivity index (χ3v) is 12.4. The van der Waals surface area contributed by atoms with Gasteiger partial charge in [-0.15, -0.1) is 11.3 Å². The van der Waals surface area contributed by atoms with Crippen LogP contribution < -0.4 is 14.8 Å². The van der Waals surface area contributed by atoms with Crippen LogP contribution in [0.4, 0.5) is 5.69 Å². The number of hydrogen-bond donors (Lipinski definition) is 2. The summed E-state index contributed by atoms with van der Waals surface area (Å²) >= 11 is 7.94. The Morgan fingerprint density at radius 3 is 2.67 bits per heavy atom. The van der Waals surface area contributed by atoms with Gasteiger partial charge in [0.15, 0.2) is 0 Å². The molecule has 1 aliphatic heterocycles. The van der Waals surface area contributed by atoms with E-state index in [9.17, 15) is 9.90 Å². The molecule has 4 aromatic rings. The number of carboxylic acid groups (broad SMARTS) is 1. The van der Waals surface area contributed by atoms with E-state index < -0.39 is 11.5 Å². The maximum atomic E-state index is 12.9. The van der Waals surface area contributed by atoms with Crippen LogP contribution in [-0.4, -0.2) is 84.4 Å². The molecule has 3 aliphatic rings. The van der Waals surface area contributed by atoms with Crippen molar-refractivity contribution < 1.29 is 19.4 Å². The van der Waals surface area contributed by atoms with Crippen LogP contribution in [0.2, 0.25) is 5.02 Å². The van der Waals surface area contributed by atoms with Gasteiger partial charge in [0, 0.05) is 49.6 Å². The van der Waals surface area contributed by atoms with E-state index in [1.807, 2.05) is 42.6 Å². The first-order valence-electron chi connectivity index (χ1n) is 17.6. The summed E-state index contributed by atoms with van der Waals surface area (Å²) < 4.78 is 13.9. The summed E-state index contributed by atoms with van der Waals surface area (Å²) in [6, 6.07) is 18.0. The number of likely N-dealkylation sites (N-methyl/N-ethyl adjacent to an activating group) is 1. The van der Waals surface area contributed by atoms with Crippen molar-refractivity contribution in [3.8, 4) is 11.5 Å². The summed E-state index contributed by atoms with van der Waals surface area (Å²) in [4.78, 5) is 22.3. The quantitative estimate of drug-likeness (QED) is 0.156. The van der Waals surface area contributed by atoms with Gasteiger partial charge in [0.1, 0.15) is 23.6 Å². The highest BCUT2D eigenvalue weighted by Gasteiger charge is 2.54. The van der Waals surface area contributed by atoms with Gasteiger partial charge in [-0.2, -0.15) is 0 Å². The molecule has 2 aromatic carbocycles. The molecule has 2 N–H and O–H groups in total. The number of hydrogen-bond acceptors (Lipinski definition) is 8. The van der Waals surface area contributed by atoms with Crippen molar-refractivity contribution in [2.75, 3.05) is 58.3 Å². The van der Waals surface area contributed by atoms with Crippen molar-refractivity contribution in [1.82, 2.24) is 14.8 Å². The fourth-order valence-electron chi connectivity index (χ4n) is 8.42. The SMILES string of the molecule is C[C@@H](COc1ccnc2ccsc12)C[C@H]1Cc2ccc(OCCN3CCN(C)CC3)cc2C12CCC(Nc1cccc(Cl)c1)(C(=O)O)CC2. The number of halogens is 1. The highest BCUT2D eigenvalue weighted by molar-refractivity contribution is 7.17. The van der Waals surface area contributed by atoms with E-state index in [1.54, 1.807) is 11.3 Å². The Morgan fingerprint density at radius 2 is 1.90 bits per heavy atom. The van der Waals surface area contributed by atoms with E-state index in [2.05, 4.69) is 57.7 Å². The van der Waals surface area contributed by atoms with Crippen LogP contribution in [0, 0.1) is 11.8 Å². The number of thiophene rings is 1. The topological polar surface area (TPSA) is 87.2 Å². The van der Waals surface area contributed by atoms with Gasteiger partial charge in [-0.05, 0) is 122 Å². The molecule has 49 heavy (non-hydrogen) atoms. The van der Waals surface area contributed by atoms with E-state index in [0.717, 1.165) is 85.8 Å². The predicted octanol–water partition coefficient (Wildman–Crippen LogP) is 7.60. The summed E-state index contributed by atoms with van der Waals surface area (Å²) in [5.41, 5.74) is 3.24. The van der Waals surface area contributed by atoms with Crippen molar-refractivity contribution in [2.45, 2.75) is 56.4 Å². The molecule has 0 amide bonds. The lowest BCUT2D eigenvalue weighted by Crippen LogP contribution is -2.53. The normalized spacial score (nSPS) is 24.9. The first-order chi connectivity index (χ1) is 23.7. The molecule has 3 heterocycles. The van der Waals surface area contributed by atoms with Crippen LogP contribution in [0.1, 0.15) is 50.2 Å². The number of fused-ring (bicyclic) bond motifs is 3. The number of carboxylic acids is 1. The average Bonchev–Trinajstić information content (AvgIpc) is 3.69. The minimum absolute atomic E-state index is 0.132. The smallest absolute Gasteiger partial charge is 0.329 e. The first kappa shape index (κ1) is 34.1. The Bertz CT molecular complexity index is 1760. The number of rotatable bonds is 12. The third-order valence-electron chi connectivity index (χ3n) is 11.3. The van der Waals surface area contributed by atoms with Gasteiger partial charge in [-0.3, -0.25) is 9.88 Å². The Kier molecular flexibility index (Phi) is 10.1. The van der Waals surface area contributed by atoms with Gasteiger partial charge in [0.05, 0.1) is 16.8 Å². The Labute approximate surface area is 298 Å². The highest BCUT2D eigenvalue weighted by atomic mass is 35.5. The highest BCUT2D eigenvalue weighted by Crippen LogP contribution is 2.56. The summed E-state index contributed by atoms with van der Waals surface area (Å²) in [5, 5.41) is 16.7. The molecular weight excluding hydrogens is 656 g/mol. The van der Waals surface area contributed by atoms with Gasteiger partial charge in [0.2, 0.25) is 0 Å². The molecule has 2 aliphatic carbocycles. The van der Waals surface area contributed by atoms with E-state index >= 15 is 0 Å². The number of pyridine rings is 1. The van der Waals surface area contributed by atoms with E-state index in [-0.39, 0.29) is 5.41 Å². The number of nitrogens with zero attached hydrogens (tertiary/aromatic N) is 3. The van der Waals surface area contributed by atoms with Crippen LogP contribution in [0.15, 0.2) is 66.2 Å². The Balaban J connectivity index is 1.10. The van der Waals surface area contributed by atoms with Crippen molar-refractivity contribution >= 4 is 44.8 Å². The maximum Gasteiger partial charge on any atom is 0.329 e. The van der Waals surface area contributed by atoms with Gasteiger partial charge in [0.25, 0.3) is 0 Å². The number of carbonyl (C=O) groups is 1. The van der Waals surface area contributed by atoms with Crippen LogP contribution >= 0.6 is 22.9 Å². The van der Waals surface area contributed by atoms with Crippen molar-refractivity contribution in [3.05, 3.63) is 82.3 Å². The van der Waals surface area contributed by atoms with Crippen LogP contribution in [0.25, 0.3) is 10.2 Å². The van der Waals surface area contributed by atoms with Crippen LogP contribution in [0.5, 0.6) is 11.5 Å². The Hall–Kier alpha value is -3.37. The summed E-state index contributed by atoms with van der Waals surface area (Å²) in [7, 11) is 2.18. The fraction of sp³-hybridized carbons (Fsp3) is 0.487. The summed E-state index contributed by atoms with van der Waals surface area (Å²) in [6.45, 7) is 8.81. The standard InChI is InChI=1S/C39H47ClN4O4S/c1-27(26-48-35-8-14-41-34-9-21-49-36(34)35)22-29-23-28-6-7-32(47-20-19-44-17-15-43(2)16-18-44)25-33(28)38(29)10-12-39(13-11-38,37(45)46)42-31-5-3-4-30(40)24-31/h3-9,14,21,24-25,27,29,42H,10-13,15-20,22-23,26H2,1-2H3,(H,45,46)/t27-,29+,38?,39?/m1/s1. The van der Waals surface area contributed by atoms with Crippen molar-refractivity contribution in [1.29, 1.82) is 0 Å². The molecule has 260 valence electrons. The largest absolute Gasteiger partial charge is 0.492 e. The number of aliphatic carboxylic acids is 1. The second-order valence-electron chi connectivity index (χ2n) is 14.5. The third kappa shape index (κ3) is 7.27. The average molecular weight is 703 g/mol. The van der Waals surface area contributed by atoms with E-state index in [4.69, 9.17) is 21.1 Å². The number of ether oxygens (including phenoxy) is 2. The van der Waals surface area contributed by atoms with E-state index in [0.29, 0.717) is 42.9 Å². The van der Waals surface area contributed by atoms with Crippen molar-refractivity contribution in [3.63, 3.8) is 0 Å². The molecule has 2 atom stereocenters. The molecule has 0 radical (unpaired) electrons. The minimum atomic E-state index is -1.05. The maximum absolute atomic E-state index is 12.9. The van der Waals surface area contributed by atoms with Crippen molar-refractivity contribution in [2.24, 2.45) is 11.8 Å². The number of piperazine rings is 1. The molecule has 1 saturated heterocycles. The molecular formula is C39H47ClN4O4S. The molecule has 7 rings (SSSR count).